The Morgan fingerprint density at radius 1 is 1.42 bits per heavy atom. The van der Waals surface area contributed by atoms with E-state index in [4.69, 9.17) is 13.9 Å². The van der Waals surface area contributed by atoms with Gasteiger partial charge in [-0.1, -0.05) is 6.07 Å². The summed E-state index contributed by atoms with van der Waals surface area (Å²) < 4.78 is 15.6. The van der Waals surface area contributed by atoms with Gasteiger partial charge in [-0.05, 0) is 32.0 Å². The molecule has 0 aliphatic heterocycles. The van der Waals surface area contributed by atoms with E-state index in [0.717, 1.165) is 5.56 Å². The molecular weight excluding hydrogens is 246 g/mol. The minimum absolute atomic E-state index is 0.208. The second-order valence-electron chi connectivity index (χ2n) is 3.88. The molecule has 1 aromatic carbocycles. The monoisotopic (exact) mass is 261 g/mol. The largest absolute Gasteiger partial charge is 0.497 e. The highest BCUT2D eigenvalue weighted by molar-refractivity contribution is 5.88. The van der Waals surface area contributed by atoms with Gasteiger partial charge in [0.05, 0.1) is 13.7 Å². The van der Waals surface area contributed by atoms with Crippen molar-refractivity contribution in [2.45, 2.75) is 13.8 Å². The summed E-state index contributed by atoms with van der Waals surface area (Å²) in [6.45, 7) is 3.73. The fraction of sp³-hybridized carbons (Fsp3) is 0.286. The van der Waals surface area contributed by atoms with Crippen LogP contribution in [0.3, 0.4) is 0 Å². The molecule has 0 spiro atoms. The molecule has 0 N–H and O–H groups in total. The lowest BCUT2D eigenvalue weighted by Crippen LogP contribution is -2.06. The van der Waals surface area contributed by atoms with Crippen LogP contribution in [0.5, 0.6) is 5.75 Å². The second kappa shape index (κ2) is 5.56. The van der Waals surface area contributed by atoms with Gasteiger partial charge in [0.2, 0.25) is 5.89 Å². The molecule has 0 saturated carbocycles. The SMILES string of the molecule is CCOC(=O)c1nc(-c2cccc(OC)c2)oc1C. The molecule has 0 fully saturated rings. The average molecular weight is 261 g/mol. The third-order valence-electron chi connectivity index (χ3n) is 2.58. The molecular formula is C14H15NO4. The molecule has 0 aliphatic rings. The molecule has 0 bridgehead atoms. The summed E-state index contributed by atoms with van der Waals surface area (Å²) in [6, 6.07) is 7.28. The number of aromatic nitrogens is 1. The molecule has 0 atom stereocenters. The number of hydrogen-bond acceptors (Lipinski definition) is 5. The topological polar surface area (TPSA) is 61.6 Å². The van der Waals surface area contributed by atoms with Crippen LogP contribution in [0.15, 0.2) is 28.7 Å². The number of esters is 1. The van der Waals surface area contributed by atoms with Gasteiger partial charge in [-0.15, -0.1) is 0 Å². The van der Waals surface area contributed by atoms with Gasteiger partial charge in [0.15, 0.2) is 5.69 Å². The van der Waals surface area contributed by atoms with Gasteiger partial charge in [-0.25, -0.2) is 9.78 Å². The maximum Gasteiger partial charge on any atom is 0.360 e. The summed E-state index contributed by atoms with van der Waals surface area (Å²) in [5.41, 5.74) is 0.956. The molecule has 1 heterocycles. The molecule has 2 aromatic rings. The number of ether oxygens (including phenoxy) is 2. The molecule has 5 heteroatoms. The maximum atomic E-state index is 11.7. The van der Waals surface area contributed by atoms with Crippen LogP contribution in [-0.4, -0.2) is 24.7 Å². The number of aryl methyl sites for hydroxylation is 1. The van der Waals surface area contributed by atoms with Gasteiger partial charge < -0.3 is 13.9 Å². The van der Waals surface area contributed by atoms with Crippen LogP contribution < -0.4 is 4.74 Å². The van der Waals surface area contributed by atoms with Gasteiger partial charge in [0, 0.05) is 5.56 Å². The van der Waals surface area contributed by atoms with Gasteiger partial charge >= 0.3 is 5.97 Å². The Labute approximate surface area is 111 Å². The Kier molecular flexibility index (Phi) is 3.85. The Hall–Kier alpha value is -2.30. The number of carbonyl (C=O) groups is 1. The van der Waals surface area contributed by atoms with E-state index in [2.05, 4.69) is 4.98 Å². The number of carbonyl (C=O) groups excluding carboxylic acids is 1. The van der Waals surface area contributed by atoms with E-state index >= 15 is 0 Å². The number of rotatable bonds is 4. The Balaban J connectivity index is 2.36. The van der Waals surface area contributed by atoms with Crippen molar-refractivity contribution in [3.63, 3.8) is 0 Å². The smallest absolute Gasteiger partial charge is 0.360 e. The highest BCUT2D eigenvalue weighted by atomic mass is 16.5. The number of hydrogen-bond donors (Lipinski definition) is 0. The maximum absolute atomic E-state index is 11.7. The zero-order valence-corrected chi connectivity index (χ0v) is 11.1. The summed E-state index contributed by atoms with van der Waals surface area (Å²) in [5.74, 6) is 1.04. The van der Waals surface area contributed by atoms with Crippen molar-refractivity contribution in [2.24, 2.45) is 0 Å². The summed E-state index contributed by atoms with van der Waals surface area (Å²) in [5, 5.41) is 0. The fourth-order valence-electron chi connectivity index (χ4n) is 1.66. The van der Waals surface area contributed by atoms with E-state index in [1.807, 2.05) is 18.2 Å². The molecule has 0 unspecified atom stereocenters. The first kappa shape index (κ1) is 13.1. The number of nitrogens with zero attached hydrogens (tertiary/aromatic N) is 1. The second-order valence-corrected chi connectivity index (χ2v) is 3.88. The van der Waals surface area contributed by atoms with E-state index in [9.17, 15) is 4.79 Å². The first-order valence-corrected chi connectivity index (χ1v) is 5.94. The Morgan fingerprint density at radius 2 is 2.21 bits per heavy atom. The first-order chi connectivity index (χ1) is 9.15. The summed E-state index contributed by atoms with van der Waals surface area (Å²) >= 11 is 0. The molecule has 19 heavy (non-hydrogen) atoms. The van der Waals surface area contributed by atoms with Crippen LogP contribution in [0.1, 0.15) is 23.2 Å². The van der Waals surface area contributed by atoms with Crippen molar-refractivity contribution in [2.75, 3.05) is 13.7 Å². The van der Waals surface area contributed by atoms with Crippen molar-refractivity contribution in [3.05, 3.63) is 35.7 Å². The minimum Gasteiger partial charge on any atom is -0.497 e. The Bertz CT molecular complexity index is 589. The van der Waals surface area contributed by atoms with Crippen molar-refractivity contribution in [1.82, 2.24) is 4.98 Å². The van der Waals surface area contributed by atoms with E-state index in [1.54, 1.807) is 27.0 Å². The lowest BCUT2D eigenvalue weighted by Gasteiger charge is -2.00. The molecule has 0 radical (unpaired) electrons. The van der Waals surface area contributed by atoms with Crippen molar-refractivity contribution in [3.8, 4) is 17.2 Å². The molecule has 0 saturated heterocycles. The van der Waals surface area contributed by atoms with Crippen molar-refractivity contribution >= 4 is 5.97 Å². The van der Waals surface area contributed by atoms with Gasteiger partial charge in [0.25, 0.3) is 0 Å². The molecule has 5 nitrogen and oxygen atoms in total. The van der Waals surface area contributed by atoms with Crippen LogP contribution in [-0.2, 0) is 4.74 Å². The van der Waals surface area contributed by atoms with Gasteiger partial charge in [-0.2, -0.15) is 0 Å². The molecule has 100 valence electrons. The van der Waals surface area contributed by atoms with Crippen molar-refractivity contribution in [1.29, 1.82) is 0 Å². The third kappa shape index (κ3) is 2.76. The first-order valence-electron chi connectivity index (χ1n) is 5.94. The average Bonchev–Trinajstić information content (AvgIpc) is 2.81. The molecule has 2 rings (SSSR count). The highest BCUT2D eigenvalue weighted by Crippen LogP contribution is 2.25. The molecule has 0 aliphatic carbocycles. The van der Waals surface area contributed by atoms with E-state index in [-0.39, 0.29) is 5.69 Å². The number of oxazole rings is 1. The van der Waals surface area contributed by atoms with Crippen LogP contribution in [0.25, 0.3) is 11.5 Å². The normalized spacial score (nSPS) is 10.3. The van der Waals surface area contributed by atoms with Crippen LogP contribution in [0.2, 0.25) is 0 Å². The van der Waals surface area contributed by atoms with E-state index < -0.39 is 5.97 Å². The zero-order chi connectivity index (χ0) is 13.8. The highest BCUT2D eigenvalue weighted by Gasteiger charge is 2.19. The van der Waals surface area contributed by atoms with Crippen LogP contribution in [0, 0.1) is 6.92 Å². The summed E-state index contributed by atoms with van der Waals surface area (Å²) in [7, 11) is 1.59. The van der Waals surface area contributed by atoms with E-state index in [0.29, 0.717) is 24.0 Å². The summed E-state index contributed by atoms with van der Waals surface area (Å²) in [4.78, 5) is 15.8. The van der Waals surface area contributed by atoms with Crippen molar-refractivity contribution < 1.29 is 18.7 Å². The van der Waals surface area contributed by atoms with Crippen LogP contribution in [0.4, 0.5) is 0 Å². The quantitative estimate of drug-likeness (QED) is 0.792. The van der Waals surface area contributed by atoms with Crippen LogP contribution >= 0.6 is 0 Å². The van der Waals surface area contributed by atoms with Gasteiger partial charge in [0.1, 0.15) is 11.5 Å². The lowest BCUT2D eigenvalue weighted by molar-refractivity contribution is 0.0518. The predicted molar refractivity (Wildman–Crippen MR) is 69.2 cm³/mol. The lowest BCUT2D eigenvalue weighted by atomic mass is 10.2. The Morgan fingerprint density at radius 3 is 2.89 bits per heavy atom. The van der Waals surface area contributed by atoms with Gasteiger partial charge in [-0.3, -0.25) is 0 Å². The standard InChI is InChI=1S/C14H15NO4/c1-4-18-14(16)12-9(2)19-13(15-12)10-6-5-7-11(8-10)17-3/h5-8H,4H2,1-3H3. The third-order valence-corrected chi connectivity index (χ3v) is 2.58. The predicted octanol–water partition coefficient (Wildman–Crippen LogP) is 2.84. The van der Waals surface area contributed by atoms with E-state index in [1.165, 1.54) is 0 Å². The zero-order valence-electron chi connectivity index (χ0n) is 11.1. The molecule has 1 aromatic heterocycles. The summed E-state index contributed by atoms with van der Waals surface area (Å²) in [6.07, 6.45) is 0. The fourth-order valence-corrected chi connectivity index (χ4v) is 1.66. The number of benzene rings is 1. The molecule has 0 amide bonds. The minimum atomic E-state index is -0.474. The number of methoxy groups -OCH3 is 1.